The monoisotopic (exact) mass is 156 g/mol. The molecule has 0 saturated carbocycles. The van der Waals surface area contributed by atoms with E-state index in [1.54, 1.807) is 0 Å². The number of benzene rings is 1. The molecule has 1 aromatic rings. The van der Waals surface area contributed by atoms with Crippen LogP contribution in [0.2, 0.25) is 0 Å². The molecule has 58 valence electrons. The number of hydrogen-bond donors (Lipinski definition) is 0. The zero-order valence-corrected chi connectivity index (χ0v) is 6.57. The second-order valence-electron chi connectivity index (χ2n) is 2.79. The van der Waals surface area contributed by atoms with Crippen LogP contribution in [-0.2, 0) is 0 Å². The zero-order valence-electron chi connectivity index (χ0n) is 6.57. The van der Waals surface area contributed by atoms with Gasteiger partial charge in [-0.15, -0.1) is 0 Å². The molecule has 1 atom stereocenters. The van der Waals surface area contributed by atoms with Gasteiger partial charge in [-0.1, -0.05) is 18.2 Å². The van der Waals surface area contributed by atoms with Crippen LogP contribution in [0.4, 0.5) is 5.69 Å². The molecule has 1 aliphatic heterocycles. The summed E-state index contributed by atoms with van der Waals surface area (Å²) < 4.78 is 0. The molecule has 2 nitrogen and oxygen atoms in total. The van der Waals surface area contributed by atoms with Crippen molar-refractivity contribution in [3.8, 4) is 6.07 Å². The Morgan fingerprint density at radius 1 is 1.42 bits per heavy atom. The Bertz CT molecular complexity index is 360. The van der Waals surface area contributed by atoms with E-state index in [-0.39, 0.29) is 5.92 Å². The molecule has 2 heteroatoms. The van der Waals surface area contributed by atoms with E-state index in [9.17, 15) is 0 Å². The van der Waals surface area contributed by atoms with Crippen molar-refractivity contribution in [3.05, 3.63) is 29.8 Å². The number of nitriles is 1. The van der Waals surface area contributed by atoms with E-state index in [0.717, 1.165) is 17.7 Å². The molecule has 0 bridgehead atoms. The third kappa shape index (κ3) is 0.998. The number of para-hydroxylation sites is 1. The standard InChI is InChI=1S/C10H8N2/c11-7-8-5-6-12-10-4-2-1-3-9(8)10/h1-4,6,8H,5H2. The molecular weight excluding hydrogens is 148 g/mol. The maximum Gasteiger partial charge on any atom is 0.0783 e. The Balaban J connectivity index is 2.54. The summed E-state index contributed by atoms with van der Waals surface area (Å²) in [6, 6.07) is 10.1. The Morgan fingerprint density at radius 2 is 2.25 bits per heavy atom. The second-order valence-corrected chi connectivity index (χ2v) is 2.79. The Labute approximate surface area is 71.2 Å². The lowest BCUT2D eigenvalue weighted by molar-refractivity contribution is 0.901. The summed E-state index contributed by atoms with van der Waals surface area (Å²) >= 11 is 0. The number of rotatable bonds is 0. The third-order valence-corrected chi connectivity index (χ3v) is 2.04. The normalized spacial score (nSPS) is 19.8. The van der Waals surface area contributed by atoms with E-state index >= 15 is 0 Å². The van der Waals surface area contributed by atoms with Gasteiger partial charge >= 0.3 is 0 Å². The first kappa shape index (κ1) is 7.05. The lowest BCUT2D eigenvalue weighted by Gasteiger charge is -2.13. The van der Waals surface area contributed by atoms with Crippen LogP contribution in [0.5, 0.6) is 0 Å². The topological polar surface area (TPSA) is 36.1 Å². The molecule has 1 heterocycles. The summed E-state index contributed by atoms with van der Waals surface area (Å²) in [4.78, 5) is 4.22. The fourth-order valence-corrected chi connectivity index (χ4v) is 1.41. The van der Waals surface area contributed by atoms with Crippen LogP contribution in [0.15, 0.2) is 29.3 Å². The summed E-state index contributed by atoms with van der Waals surface area (Å²) in [6.45, 7) is 0. The van der Waals surface area contributed by atoms with Crippen LogP contribution >= 0.6 is 0 Å². The Morgan fingerprint density at radius 3 is 3.08 bits per heavy atom. The van der Waals surface area contributed by atoms with Gasteiger partial charge in [0, 0.05) is 12.6 Å². The number of nitrogens with zero attached hydrogens (tertiary/aromatic N) is 2. The molecule has 0 aromatic heterocycles. The van der Waals surface area contributed by atoms with Crippen LogP contribution in [-0.4, -0.2) is 6.21 Å². The molecule has 0 aliphatic carbocycles. The second kappa shape index (κ2) is 2.78. The first-order valence-electron chi connectivity index (χ1n) is 3.93. The van der Waals surface area contributed by atoms with Crippen LogP contribution in [0.1, 0.15) is 17.9 Å². The van der Waals surface area contributed by atoms with Gasteiger partial charge in [-0.25, -0.2) is 0 Å². The van der Waals surface area contributed by atoms with E-state index in [2.05, 4.69) is 11.1 Å². The summed E-state index contributed by atoms with van der Waals surface area (Å²) in [5.74, 6) is -0.00120. The summed E-state index contributed by atoms with van der Waals surface area (Å²) in [6.07, 6.45) is 2.56. The maximum atomic E-state index is 8.83. The van der Waals surface area contributed by atoms with Crippen LogP contribution in [0.3, 0.4) is 0 Å². The first-order chi connectivity index (χ1) is 5.92. The van der Waals surface area contributed by atoms with Gasteiger partial charge in [0.15, 0.2) is 0 Å². The van der Waals surface area contributed by atoms with E-state index in [1.807, 2.05) is 30.5 Å². The zero-order chi connectivity index (χ0) is 8.39. The molecule has 0 radical (unpaired) electrons. The van der Waals surface area contributed by atoms with E-state index in [0.29, 0.717) is 0 Å². The molecule has 0 fully saturated rings. The molecule has 12 heavy (non-hydrogen) atoms. The van der Waals surface area contributed by atoms with Crippen LogP contribution in [0, 0.1) is 11.3 Å². The summed E-state index contributed by atoms with van der Waals surface area (Å²) in [5, 5.41) is 8.83. The smallest absolute Gasteiger partial charge is 0.0783 e. The van der Waals surface area contributed by atoms with E-state index in [1.165, 1.54) is 0 Å². The SMILES string of the molecule is N#CC1CC=Nc2ccccc21. The van der Waals surface area contributed by atoms with Crippen molar-refractivity contribution in [2.45, 2.75) is 12.3 Å². The van der Waals surface area contributed by atoms with E-state index < -0.39 is 0 Å². The molecule has 1 unspecified atom stereocenters. The van der Waals surface area contributed by atoms with Gasteiger partial charge in [-0.05, 0) is 11.6 Å². The highest BCUT2D eigenvalue weighted by molar-refractivity contribution is 5.71. The van der Waals surface area contributed by atoms with Crippen molar-refractivity contribution < 1.29 is 0 Å². The average molecular weight is 156 g/mol. The minimum atomic E-state index is -0.00120. The highest BCUT2D eigenvalue weighted by Gasteiger charge is 2.15. The van der Waals surface area contributed by atoms with Crippen LogP contribution in [0.25, 0.3) is 0 Å². The average Bonchev–Trinajstić information content (AvgIpc) is 2.17. The fraction of sp³-hybridized carbons (Fsp3) is 0.200. The highest BCUT2D eigenvalue weighted by Crippen LogP contribution is 2.31. The Hall–Kier alpha value is -1.62. The van der Waals surface area contributed by atoms with Crippen molar-refractivity contribution in [2.24, 2.45) is 4.99 Å². The van der Waals surface area contributed by atoms with Crippen molar-refractivity contribution in [1.82, 2.24) is 0 Å². The summed E-state index contributed by atoms with van der Waals surface area (Å²) in [5.41, 5.74) is 2.00. The van der Waals surface area contributed by atoms with Gasteiger partial charge in [0.05, 0.1) is 17.7 Å². The van der Waals surface area contributed by atoms with Gasteiger partial charge in [-0.3, -0.25) is 4.99 Å². The lowest BCUT2D eigenvalue weighted by Crippen LogP contribution is -2.00. The highest BCUT2D eigenvalue weighted by atomic mass is 14.7. The molecule has 0 N–H and O–H groups in total. The van der Waals surface area contributed by atoms with Gasteiger partial charge in [-0.2, -0.15) is 5.26 Å². The van der Waals surface area contributed by atoms with Crippen LogP contribution < -0.4 is 0 Å². The van der Waals surface area contributed by atoms with Crippen molar-refractivity contribution in [1.29, 1.82) is 5.26 Å². The third-order valence-electron chi connectivity index (χ3n) is 2.04. The minimum Gasteiger partial charge on any atom is -0.261 e. The van der Waals surface area contributed by atoms with Gasteiger partial charge in [0.1, 0.15) is 0 Å². The number of aliphatic imine (C=N–C) groups is 1. The molecule has 2 rings (SSSR count). The molecule has 0 spiro atoms. The molecule has 0 amide bonds. The van der Waals surface area contributed by atoms with Gasteiger partial charge in [0.2, 0.25) is 0 Å². The van der Waals surface area contributed by atoms with E-state index in [4.69, 9.17) is 5.26 Å². The minimum absolute atomic E-state index is 0.00120. The Kier molecular flexibility index (Phi) is 1.64. The molecular formula is C10H8N2. The lowest BCUT2D eigenvalue weighted by atomic mass is 9.94. The quantitative estimate of drug-likeness (QED) is 0.568. The molecule has 1 aromatic carbocycles. The number of hydrogen-bond acceptors (Lipinski definition) is 2. The predicted octanol–water partition coefficient (Wildman–Crippen LogP) is 2.40. The summed E-state index contributed by atoms with van der Waals surface area (Å²) in [7, 11) is 0. The van der Waals surface area contributed by atoms with Crippen molar-refractivity contribution in [3.63, 3.8) is 0 Å². The van der Waals surface area contributed by atoms with Gasteiger partial charge in [0.25, 0.3) is 0 Å². The fourth-order valence-electron chi connectivity index (χ4n) is 1.41. The van der Waals surface area contributed by atoms with Gasteiger partial charge < -0.3 is 0 Å². The first-order valence-corrected chi connectivity index (χ1v) is 3.93. The van der Waals surface area contributed by atoms with Crippen molar-refractivity contribution in [2.75, 3.05) is 0 Å². The molecule has 0 saturated heterocycles. The van der Waals surface area contributed by atoms with Crippen molar-refractivity contribution >= 4 is 11.9 Å². The number of fused-ring (bicyclic) bond motifs is 1. The maximum absolute atomic E-state index is 8.83. The molecule has 1 aliphatic rings. The largest absolute Gasteiger partial charge is 0.261 e. The predicted molar refractivity (Wildman–Crippen MR) is 47.6 cm³/mol.